The summed E-state index contributed by atoms with van der Waals surface area (Å²) in [5.74, 6) is -1.31. The summed E-state index contributed by atoms with van der Waals surface area (Å²) in [4.78, 5) is 54.2. The number of hydrogen-bond donors (Lipinski definition) is 8. The van der Waals surface area contributed by atoms with Gasteiger partial charge >= 0.3 is 27.6 Å². The van der Waals surface area contributed by atoms with E-state index in [1.165, 1.54) is 25.7 Å². The number of unbranched alkanes of at least 4 members (excludes halogenated alkanes) is 10. The van der Waals surface area contributed by atoms with Crippen LogP contribution in [0.5, 0.6) is 0 Å². The van der Waals surface area contributed by atoms with Crippen LogP contribution in [-0.2, 0) is 41.8 Å². The number of allylic oxidation sites excluding steroid dienone is 9. The fraction of sp³-hybridized carbons (Fsp3) is 0.733. The zero-order valence-electron chi connectivity index (χ0n) is 37.8. The Morgan fingerprint density at radius 1 is 0.562 bits per heavy atom. The number of esters is 2. The van der Waals surface area contributed by atoms with Gasteiger partial charge in [-0.1, -0.05) is 120 Å². The zero-order valence-corrected chi connectivity index (χ0v) is 39.6. The second-order valence-electron chi connectivity index (χ2n) is 15.9. The molecular weight excluding hydrogens is 874 g/mol. The van der Waals surface area contributed by atoms with Crippen molar-refractivity contribution in [2.75, 3.05) is 13.2 Å². The maximum absolute atomic E-state index is 13.0. The highest BCUT2D eigenvalue weighted by atomic mass is 31.2. The Hall–Kier alpha value is -2.34. The predicted molar refractivity (Wildman–Crippen MR) is 242 cm³/mol. The maximum atomic E-state index is 13.0. The van der Waals surface area contributed by atoms with Gasteiger partial charge in [0.05, 0.1) is 12.7 Å². The van der Waals surface area contributed by atoms with Gasteiger partial charge in [-0.05, 0) is 77.0 Å². The van der Waals surface area contributed by atoms with Crippen molar-refractivity contribution < 1.29 is 82.0 Å². The molecule has 1 aliphatic carbocycles. The lowest BCUT2D eigenvalue weighted by atomic mass is 9.85. The van der Waals surface area contributed by atoms with E-state index in [9.17, 15) is 49.1 Å². The molecule has 0 heterocycles. The van der Waals surface area contributed by atoms with Crippen molar-refractivity contribution in [3.8, 4) is 0 Å². The molecule has 1 saturated carbocycles. The molecule has 6 unspecified atom stereocenters. The zero-order chi connectivity index (χ0) is 47.6. The minimum atomic E-state index is -5.38. The van der Waals surface area contributed by atoms with E-state index >= 15 is 0 Å². The largest absolute Gasteiger partial charge is 0.472 e. The standard InChI is InChI=1S/C45H78O17P2/c1-3-5-6-7-8-9-10-12-16-19-22-25-28-32-38(47)58-34-37(35-59-64(56,57)62-45-42(51)40(49)41(50)44(43(45)52)61-63(53,54)55)60-39(48)33-29-26-23-20-17-14-11-13-15-18-21-24-27-31-36(46)30-4-2/h9-11,14-15,18,20,23-24,27,36-37,40-46,49-52H,3-8,12-13,16-17,19,21-22,25-26,28-35H2,1-2H3,(H,56,57)(H2,53,54,55)/b10-9-,14-11-,18-15-,23-20-,27-24-/t36?,37-,40?,41?,42?,43?,44-,45+/m1/s1. The Bertz CT molecular complexity index is 1490. The number of ether oxygens (including phenoxy) is 2. The van der Waals surface area contributed by atoms with Gasteiger partial charge < -0.3 is 49.7 Å². The number of rotatable bonds is 37. The van der Waals surface area contributed by atoms with E-state index in [1.807, 2.05) is 43.4 Å². The Labute approximate surface area is 380 Å². The lowest BCUT2D eigenvalue weighted by Gasteiger charge is -2.43. The SMILES string of the molecule is CCCCCC/C=C\CCCCCCCC(=O)OC[C@H](COP(=O)(O)O[C@H]1C(O)C(O)C(O)[C@@H](OP(=O)(O)O)C1O)OC(=O)CCC/C=C\C/C=C\C/C=C\C/C=C\CC(O)CCC. The van der Waals surface area contributed by atoms with E-state index in [2.05, 4.69) is 35.8 Å². The van der Waals surface area contributed by atoms with Gasteiger partial charge in [0.1, 0.15) is 43.2 Å². The summed E-state index contributed by atoms with van der Waals surface area (Å²) in [7, 11) is -10.7. The molecule has 1 fully saturated rings. The highest BCUT2D eigenvalue weighted by Gasteiger charge is 2.54. The highest BCUT2D eigenvalue weighted by molar-refractivity contribution is 7.47. The van der Waals surface area contributed by atoms with Crippen LogP contribution >= 0.6 is 15.6 Å². The summed E-state index contributed by atoms with van der Waals surface area (Å²) < 4.78 is 49.2. The normalized spacial score (nSPS) is 22.8. The molecular formula is C45H78O17P2. The van der Waals surface area contributed by atoms with Gasteiger partial charge in [0.25, 0.3) is 0 Å². The van der Waals surface area contributed by atoms with Crippen molar-refractivity contribution in [3.63, 3.8) is 0 Å². The van der Waals surface area contributed by atoms with Crippen LogP contribution in [0.2, 0.25) is 0 Å². The third-order valence-electron chi connectivity index (χ3n) is 10.1. The fourth-order valence-corrected chi connectivity index (χ4v) is 8.10. The van der Waals surface area contributed by atoms with Crippen LogP contribution in [0, 0.1) is 0 Å². The minimum Gasteiger partial charge on any atom is -0.462 e. The molecule has 370 valence electrons. The van der Waals surface area contributed by atoms with E-state index < -0.39 is 83.5 Å². The third kappa shape index (κ3) is 30.0. The number of aliphatic hydroxyl groups excluding tert-OH is 5. The molecule has 1 rings (SSSR count). The molecule has 0 aliphatic heterocycles. The summed E-state index contributed by atoms with van der Waals surface area (Å²) in [5, 5.41) is 50.9. The maximum Gasteiger partial charge on any atom is 0.472 e. The first-order valence-electron chi connectivity index (χ1n) is 22.9. The minimum absolute atomic E-state index is 0.0505. The number of carbonyl (C=O) groups is 2. The van der Waals surface area contributed by atoms with E-state index in [4.69, 9.17) is 28.3 Å². The molecule has 0 aromatic carbocycles. The number of carbonyl (C=O) groups excluding carboxylic acids is 2. The molecule has 9 atom stereocenters. The van der Waals surface area contributed by atoms with Gasteiger partial charge in [-0.15, -0.1) is 0 Å². The quantitative estimate of drug-likeness (QED) is 0.0132. The van der Waals surface area contributed by atoms with Crippen LogP contribution < -0.4 is 0 Å². The fourth-order valence-electron chi connectivity index (χ4n) is 6.56. The van der Waals surface area contributed by atoms with E-state index in [1.54, 1.807) is 0 Å². The van der Waals surface area contributed by atoms with Crippen LogP contribution in [-0.4, -0.2) is 114 Å². The molecule has 0 aromatic heterocycles. The summed E-state index contributed by atoms with van der Waals surface area (Å²) >= 11 is 0. The molecule has 1 aliphatic rings. The predicted octanol–water partition coefficient (Wildman–Crippen LogP) is 7.25. The molecule has 0 saturated heterocycles. The molecule has 0 radical (unpaired) electrons. The summed E-state index contributed by atoms with van der Waals surface area (Å²) in [6.45, 7) is 2.82. The third-order valence-corrected chi connectivity index (χ3v) is 11.6. The van der Waals surface area contributed by atoms with E-state index in [0.717, 1.165) is 64.2 Å². The van der Waals surface area contributed by atoms with Gasteiger partial charge in [-0.3, -0.25) is 23.2 Å². The van der Waals surface area contributed by atoms with Crippen molar-refractivity contribution in [1.82, 2.24) is 0 Å². The number of hydrogen-bond acceptors (Lipinski definition) is 14. The Balaban J connectivity index is 2.67. The number of phosphoric acid groups is 2. The van der Waals surface area contributed by atoms with Crippen LogP contribution in [0.1, 0.15) is 149 Å². The highest BCUT2D eigenvalue weighted by Crippen LogP contribution is 2.49. The van der Waals surface area contributed by atoms with Gasteiger partial charge in [-0.2, -0.15) is 0 Å². The second kappa shape index (κ2) is 35.8. The van der Waals surface area contributed by atoms with Crippen molar-refractivity contribution in [2.45, 2.75) is 198 Å². The van der Waals surface area contributed by atoms with Crippen molar-refractivity contribution in [3.05, 3.63) is 60.8 Å². The first-order chi connectivity index (χ1) is 30.5. The Morgan fingerprint density at radius 2 is 1.06 bits per heavy atom. The van der Waals surface area contributed by atoms with Crippen LogP contribution in [0.3, 0.4) is 0 Å². The Kier molecular flexibility index (Phi) is 33.4. The number of phosphoric ester groups is 2. The van der Waals surface area contributed by atoms with Crippen LogP contribution in [0.25, 0.3) is 0 Å². The van der Waals surface area contributed by atoms with Crippen molar-refractivity contribution in [1.29, 1.82) is 0 Å². The summed E-state index contributed by atoms with van der Waals surface area (Å²) in [6.07, 6.45) is 22.5. The average molecular weight is 953 g/mol. The van der Waals surface area contributed by atoms with Crippen LogP contribution in [0.15, 0.2) is 60.8 Å². The van der Waals surface area contributed by atoms with Gasteiger partial charge in [0.2, 0.25) is 0 Å². The molecule has 0 bridgehead atoms. The topological polar surface area (TPSA) is 276 Å². The molecule has 0 aromatic rings. The smallest absolute Gasteiger partial charge is 0.462 e. The molecule has 8 N–H and O–H groups in total. The first-order valence-corrected chi connectivity index (χ1v) is 25.9. The monoisotopic (exact) mass is 952 g/mol. The summed E-state index contributed by atoms with van der Waals surface area (Å²) in [6, 6.07) is 0. The van der Waals surface area contributed by atoms with Crippen molar-refractivity contribution in [2.24, 2.45) is 0 Å². The number of aliphatic hydroxyl groups is 5. The molecule has 64 heavy (non-hydrogen) atoms. The molecule has 19 heteroatoms. The van der Waals surface area contributed by atoms with Gasteiger partial charge in [-0.25, -0.2) is 9.13 Å². The summed E-state index contributed by atoms with van der Waals surface area (Å²) in [5.41, 5.74) is 0. The van der Waals surface area contributed by atoms with E-state index in [-0.39, 0.29) is 18.9 Å². The van der Waals surface area contributed by atoms with Crippen molar-refractivity contribution >= 4 is 27.6 Å². The van der Waals surface area contributed by atoms with Crippen LogP contribution in [0.4, 0.5) is 0 Å². The second-order valence-corrected chi connectivity index (χ2v) is 18.5. The first kappa shape index (κ1) is 59.7. The Morgan fingerprint density at radius 3 is 1.66 bits per heavy atom. The average Bonchev–Trinajstić information content (AvgIpc) is 3.24. The van der Waals surface area contributed by atoms with E-state index in [0.29, 0.717) is 32.1 Å². The van der Waals surface area contributed by atoms with Gasteiger partial charge in [0, 0.05) is 12.8 Å². The molecule has 17 nitrogen and oxygen atoms in total. The molecule has 0 amide bonds. The molecule has 0 spiro atoms. The van der Waals surface area contributed by atoms with Gasteiger partial charge in [0.15, 0.2) is 6.10 Å². The lowest BCUT2D eigenvalue weighted by Crippen LogP contribution is -2.64. The lowest BCUT2D eigenvalue weighted by molar-refractivity contribution is -0.216.